The maximum atomic E-state index is 13.7. The van der Waals surface area contributed by atoms with Crippen molar-refractivity contribution in [3.63, 3.8) is 0 Å². The van der Waals surface area contributed by atoms with E-state index in [1.54, 1.807) is 24.3 Å². The van der Waals surface area contributed by atoms with E-state index in [0.29, 0.717) is 28.9 Å². The van der Waals surface area contributed by atoms with Gasteiger partial charge >= 0.3 is 5.69 Å². The van der Waals surface area contributed by atoms with E-state index in [2.05, 4.69) is 4.98 Å². The van der Waals surface area contributed by atoms with Crippen LogP contribution in [0.1, 0.15) is 40.3 Å². The van der Waals surface area contributed by atoms with Crippen molar-refractivity contribution in [1.82, 2.24) is 19.0 Å². The highest BCUT2D eigenvalue weighted by Gasteiger charge is 2.49. The van der Waals surface area contributed by atoms with Crippen LogP contribution in [0.3, 0.4) is 0 Å². The van der Waals surface area contributed by atoms with Crippen LogP contribution >= 0.6 is 0 Å². The molecule has 8 nitrogen and oxygen atoms in total. The summed E-state index contributed by atoms with van der Waals surface area (Å²) < 4.78 is 29.9. The number of pyridine rings is 1. The molecule has 10 heteroatoms. The Balaban J connectivity index is 1.48. The number of hydrogen-bond acceptors (Lipinski definition) is 5. The van der Waals surface area contributed by atoms with Gasteiger partial charge in [-0.1, -0.05) is 24.3 Å². The van der Waals surface area contributed by atoms with Gasteiger partial charge in [0.25, 0.3) is 5.91 Å². The summed E-state index contributed by atoms with van der Waals surface area (Å²) in [4.78, 5) is 32.0. The standard InChI is InChI=1S/C24H15F2N5O3/c25-13-5-12(6-14(26)7-13)22(32)29-11-15-8-19(29)21-23(33)31(24(34)30(15)21)20-10-28-18(9-27)16-3-1-2-4-17(16)20/h1-7,10,15,19,33H,8,11H2/t15-,19-/m0/s1. The van der Waals surface area contributed by atoms with E-state index in [0.717, 1.165) is 16.7 Å². The number of hydrogen-bond donors (Lipinski definition) is 1. The fourth-order valence-electron chi connectivity index (χ4n) is 5.18. The molecular weight excluding hydrogens is 444 g/mol. The van der Waals surface area contributed by atoms with Crippen LogP contribution < -0.4 is 5.69 Å². The fraction of sp³-hybridized carbons (Fsp3) is 0.167. The zero-order chi connectivity index (χ0) is 23.7. The molecule has 1 amide bonds. The molecule has 168 valence electrons. The van der Waals surface area contributed by atoms with Crippen LogP contribution in [-0.4, -0.2) is 36.6 Å². The van der Waals surface area contributed by atoms with Gasteiger partial charge in [0.2, 0.25) is 5.88 Å². The number of imidazole rings is 1. The predicted octanol–water partition coefficient (Wildman–Crippen LogP) is 3.18. The summed E-state index contributed by atoms with van der Waals surface area (Å²) in [5.41, 5.74) is 0.141. The minimum absolute atomic E-state index is 0.139. The Hall–Kier alpha value is -4.52. The first-order valence-electron chi connectivity index (χ1n) is 10.5. The summed E-state index contributed by atoms with van der Waals surface area (Å²) in [7, 11) is 0. The van der Waals surface area contributed by atoms with Crippen LogP contribution in [-0.2, 0) is 0 Å². The second kappa shape index (κ2) is 6.99. The maximum absolute atomic E-state index is 13.7. The smallest absolute Gasteiger partial charge is 0.336 e. The average Bonchev–Trinajstić information content (AvgIpc) is 3.49. The van der Waals surface area contributed by atoms with Crippen LogP contribution in [0.4, 0.5) is 8.78 Å². The van der Waals surface area contributed by atoms with Gasteiger partial charge in [-0.05, 0) is 18.6 Å². The Morgan fingerprint density at radius 2 is 1.85 bits per heavy atom. The summed E-state index contributed by atoms with van der Waals surface area (Å²) in [5, 5.41) is 21.6. The third-order valence-electron chi connectivity index (χ3n) is 6.55. The number of carbonyl (C=O) groups excluding carboxylic acids is 1. The van der Waals surface area contributed by atoms with Crippen molar-refractivity contribution in [2.45, 2.75) is 18.5 Å². The van der Waals surface area contributed by atoms with Crippen molar-refractivity contribution < 1.29 is 18.7 Å². The third kappa shape index (κ3) is 2.64. The molecule has 2 aliphatic rings. The van der Waals surface area contributed by atoms with Crippen LogP contribution in [0.5, 0.6) is 5.88 Å². The lowest BCUT2D eigenvalue weighted by atomic mass is 10.1. The monoisotopic (exact) mass is 459 g/mol. The van der Waals surface area contributed by atoms with Gasteiger partial charge in [0.05, 0.1) is 24.0 Å². The zero-order valence-corrected chi connectivity index (χ0v) is 17.4. The van der Waals surface area contributed by atoms with Crippen molar-refractivity contribution >= 4 is 16.7 Å². The Morgan fingerprint density at radius 3 is 2.56 bits per heavy atom. The first-order valence-corrected chi connectivity index (χ1v) is 10.5. The normalized spacial score (nSPS) is 18.3. The molecule has 2 atom stereocenters. The number of fused-ring (bicyclic) bond motifs is 6. The van der Waals surface area contributed by atoms with Crippen molar-refractivity contribution in [3.8, 4) is 17.6 Å². The molecule has 4 aromatic rings. The average molecular weight is 459 g/mol. The van der Waals surface area contributed by atoms with Crippen molar-refractivity contribution in [1.29, 1.82) is 5.26 Å². The SMILES string of the molecule is N#Cc1ncc(-n2c(O)c3n(c2=O)[C@H]2C[C@@H]3N(C(=O)c3cc(F)cc(F)c3)C2)c2ccccc12. The quantitative estimate of drug-likeness (QED) is 0.496. The molecule has 0 aliphatic carbocycles. The molecule has 34 heavy (non-hydrogen) atoms. The van der Waals surface area contributed by atoms with Crippen LogP contribution in [0.15, 0.2) is 53.5 Å². The van der Waals surface area contributed by atoms with Crippen molar-refractivity contribution in [2.75, 3.05) is 6.54 Å². The molecule has 2 aromatic carbocycles. The topological polar surface area (TPSA) is 104 Å². The van der Waals surface area contributed by atoms with Gasteiger partial charge in [-0.15, -0.1) is 0 Å². The van der Waals surface area contributed by atoms with Crippen molar-refractivity contribution in [3.05, 3.63) is 87.7 Å². The van der Waals surface area contributed by atoms with Crippen LogP contribution in [0.2, 0.25) is 0 Å². The Bertz CT molecular complexity index is 1610. The molecule has 0 unspecified atom stereocenters. The molecule has 4 heterocycles. The van der Waals surface area contributed by atoms with E-state index >= 15 is 0 Å². The van der Waals surface area contributed by atoms with E-state index in [9.17, 15) is 28.7 Å². The molecule has 0 spiro atoms. The predicted molar refractivity (Wildman–Crippen MR) is 115 cm³/mol. The van der Waals surface area contributed by atoms with Crippen molar-refractivity contribution in [2.24, 2.45) is 0 Å². The minimum Gasteiger partial charge on any atom is -0.493 e. The first-order chi connectivity index (χ1) is 16.4. The number of rotatable bonds is 2. The molecule has 1 N–H and O–H groups in total. The summed E-state index contributed by atoms with van der Waals surface area (Å²) in [6.07, 6.45) is 1.77. The van der Waals surface area contributed by atoms with E-state index in [1.165, 1.54) is 15.7 Å². The maximum Gasteiger partial charge on any atom is 0.336 e. The molecule has 1 saturated heterocycles. The van der Waals surface area contributed by atoms with Gasteiger partial charge in [0.15, 0.2) is 0 Å². The number of aromatic hydroxyl groups is 1. The number of benzene rings is 2. The molecule has 2 bridgehead atoms. The van der Waals surface area contributed by atoms with Gasteiger partial charge < -0.3 is 10.0 Å². The first kappa shape index (κ1) is 20.1. The van der Waals surface area contributed by atoms with Gasteiger partial charge in [-0.2, -0.15) is 5.26 Å². The fourth-order valence-corrected chi connectivity index (χ4v) is 5.18. The number of carbonyl (C=O) groups is 1. The molecule has 6 rings (SSSR count). The van der Waals surface area contributed by atoms with Gasteiger partial charge in [0.1, 0.15) is 29.1 Å². The number of nitrogens with zero attached hydrogens (tertiary/aromatic N) is 5. The number of amides is 1. The van der Waals surface area contributed by atoms with E-state index in [-0.39, 0.29) is 35.4 Å². The number of halogens is 2. The summed E-state index contributed by atoms with van der Waals surface area (Å²) >= 11 is 0. The molecule has 0 saturated carbocycles. The van der Waals surface area contributed by atoms with Gasteiger partial charge in [-0.3, -0.25) is 9.36 Å². The molecule has 2 aromatic heterocycles. The Labute approximate surface area is 190 Å². The third-order valence-corrected chi connectivity index (χ3v) is 6.55. The second-order valence-corrected chi connectivity index (χ2v) is 8.37. The largest absolute Gasteiger partial charge is 0.493 e. The molecule has 2 aliphatic heterocycles. The van der Waals surface area contributed by atoms with E-state index in [4.69, 9.17) is 0 Å². The molecule has 0 radical (unpaired) electrons. The van der Waals surface area contributed by atoms with E-state index in [1.807, 2.05) is 6.07 Å². The molecule has 1 fully saturated rings. The summed E-state index contributed by atoms with van der Waals surface area (Å²) in [6, 6.07) is 10.5. The summed E-state index contributed by atoms with van der Waals surface area (Å²) in [6.45, 7) is 0.171. The number of likely N-dealkylation sites (tertiary alicyclic amines) is 1. The van der Waals surface area contributed by atoms with Crippen LogP contribution in [0, 0.1) is 23.0 Å². The lowest BCUT2D eigenvalue weighted by Crippen LogP contribution is -2.37. The van der Waals surface area contributed by atoms with Gasteiger partial charge in [-0.25, -0.2) is 23.1 Å². The van der Waals surface area contributed by atoms with E-state index < -0.39 is 29.3 Å². The zero-order valence-electron chi connectivity index (χ0n) is 17.4. The number of aromatic nitrogens is 3. The highest BCUT2D eigenvalue weighted by Crippen LogP contribution is 2.49. The minimum atomic E-state index is -0.862. The Kier molecular flexibility index (Phi) is 4.13. The number of nitriles is 1. The molecular formula is C24H15F2N5O3. The lowest BCUT2D eigenvalue weighted by molar-refractivity contribution is 0.0710. The lowest BCUT2D eigenvalue weighted by Gasteiger charge is -2.27. The highest BCUT2D eigenvalue weighted by molar-refractivity contribution is 5.95. The van der Waals surface area contributed by atoms with Gasteiger partial charge in [0, 0.05) is 28.9 Å². The van der Waals surface area contributed by atoms with Crippen LogP contribution in [0.25, 0.3) is 16.5 Å². The second-order valence-electron chi connectivity index (χ2n) is 8.37. The Morgan fingerprint density at radius 1 is 1.15 bits per heavy atom. The summed E-state index contributed by atoms with van der Waals surface area (Å²) in [5.74, 6) is -2.64. The highest BCUT2D eigenvalue weighted by atomic mass is 19.1.